The third-order valence-electron chi connectivity index (χ3n) is 2.31. The molecule has 0 spiro atoms. The summed E-state index contributed by atoms with van der Waals surface area (Å²) in [6, 6.07) is 8.39. The number of rotatable bonds is 3. The Morgan fingerprint density at radius 2 is 1.95 bits per heavy atom. The molecule has 3 nitrogen and oxygen atoms in total. The van der Waals surface area contributed by atoms with Crippen LogP contribution in [0.4, 0.5) is 13.2 Å². The largest absolute Gasteiger partial charge is 0.573 e. The molecule has 2 rings (SSSR count). The molecule has 1 heterocycles. The highest BCUT2D eigenvalue weighted by Crippen LogP contribution is 2.30. The molecule has 104 valence electrons. The first-order chi connectivity index (χ1) is 9.37. The van der Waals surface area contributed by atoms with E-state index < -0.39 is 17.9 Å². The average Bonchev–Trinajstić information content (AvgIpc) is 2.37. The first-order valence-corrected chi connectivity index (χ1v) is 6.17. The van der Waals surface area contributed by atoms with Crippen molar-refractivity contribution in [2.45, 2.75) is 6.36 Å². The quantitative estimate of drug-likeness (QED) is 0.790. The number of ketones is 1. The van der Waals surface area contributed by atoms with Gasteiger partial charge in [0, 0.05) is 10.7 Å². The number of alkyl halides is 3. The minimum atomic E-state index is -4.88. The molecule has 2 aromatic rings. The number of aromatic nitrogens is 1. The monoisotopic (exact) mass is 345 g/mol. The van der Waals surface area contributed by atoms with Gasteiger partial charge in [0.15, 0.2) is 0 Å². The lowest BCUT2D eigenvalue weighted by Gasteiger charge is -2.12. The van der Waals surface area contributed by atoms with Gasteiger partial charge in [-0.1, -0.05) is 22.0 Å². The van der Waals surface area contributed by atoms with Crippen molar-refractivity contribution in [2.75, 3.05) is 0 Å². The predicted molar refractivity (Wildman–Crippen MR) is 68.5 cm³/mol. The fraction of sp³-hybridized carbons (Fsp3) is 0.0769. The van der Waals surface area contributed by atoms with Crippen LogP contribution in [-0.2, 0) is 0 Å². The lowest BCUT2D eigenvalue weighted by Crippen LogP contribution is -2.19. The van der Waals surface area contributed by atoms with Crippen LogP contribution in [0.15, 0.2) is 47.1 Å². The van der Waals surface area contributed by atoms with Crippen LogP contribution in [0.5, 0.6) is 5.75 Å². The highest BCUT2D eigenvalue weighted by atomic mass is 79.9. The number of ether oxygens (including phenoxy) is 1. The maximum Gasteiger partial charge on any atom is 0.573 e. The van der Waals surface area contributed by atoms with Crippen LogP contribution in [-0.4, -0.2) is 17.1 Å². The third-order valence-corrected chi connectivity index (χ3v) is 2.80. The van der Waals surface area contributed by atoms with Crippen molar-refractivity contribution in [3.63, 3.8) is 0 Å². The van der Waals surface area contributed by atoms with E-state index in [1.807, 2.05) is 0 Å². The summed E-state index contributed by atoms with van der Waals surface area (Å²) < 4.78 is 41.3. The zero-order valence-electron chi connectivity index (χ0n) is 9.82. The first-order valence-electron chi connectivity index (χ1n) is 5.38. The summed E-state index contributed by atoms with van der Waals surface area (Å²) in [7, 11) is 0. The molecule has 0 fully saturated rings. The number of carbonyl (C=O) groups excluding carboxylic acids is 1. The lowest BCUT2D eigenvalue weighted by molar-refractivity contribution is -0.274. The normalized spacial score (nSPS) is 11.2. The van der Waals surface area contributed by atoms with Crippen LogP contribution in [0.3, 0.4) is 0 Å². The van der Waals surface area contributed by atoms with E-state index in [0.717, 1.165) is 6.07 Å². The molecule has 0 amide bonds. The van der Waals surface area contributed by atoms with Gasteiger partial charge < -0.3 is 4.74 Å². The average molecular weight is 346 g/mol. The van der Waals surface area contributed by atoms with Crippen LogP contribution in [0.25, 0.3) is 0 Å². The van der Waals surface area contributed by atoms with Crippen molar-refractivity contribution in [3.8, 4) is 5.75 Å². The Kier molecular flexibility index (Phi) is 4.08. The number of carbonyl (C=O) groups is 1. The molecule has 0 saturated heterocycles. The molecule has 0 N–H and O–H groups in total. The van der Waals surface area contributed by atoms with Crippen molar-refractivity contribution < 1.29 is 22.7 Å². The van der Waals surface area contributed by atoms with Gasteiger partial charge in [-0.05, 0) is 30.3 Å². The van der Waals surface area contributed by atoms with Crippen LogP contribution >= 0.6 is 15.9 Å². The molecule has 0 radical (unpaired) electrons. The number of benzene rings is 1. The molecule has 0 saturated carbocycles. The number of nitrogens with zero attached hydrogens (tertiary/aromatic N) is 1. The summed E-state index contributed by atoms with van der Waals surface area (Å²) >= 11 is 3.03. The van der Waals surface area contributed by atoms with E-state index in [9.17, 15) is 18.0 Å². The third kappa shape index (κ3) is 3.57. The van der Waals surface area contributed by atoms with Crippen LogP contribution in [0.2, 0.25) is 0 Å². The molecule has 0 aliphatic carbocycles. The van der Waals surface area contributed by atoms with E-state index >= 15 is 0 Å². The summed E-state index contributed by atoms with van der Waals surface area (Å²) in [5.41, 5.74) is -0.161. The van der Waals surface area contributed by atoms with Gasteiger partial charge in [0.2, 0.25) is 5.78 Å². The van der Waals surface area contributed by atoms with Gasteiger partial charge in [-0.15, -0.1) is 13.2 Å². The van der Waals surface area contributed by atoms with Gasteiger partial charge in [0.05, 0.1) is 5.56 Å². The molecular formula is C13H7BrF3NO2. The number of hydrogen-bond acceptors (Lipinski definition) is 3. The van der Waals surface area contributed by atoms with Gasteiger partial charge in [0.1, 0.15) is 11.4 Å². The summed E-state index contributed by atoms with van der Waals surface area (Å²) in [5.74, 6) is -1.21. The molecule has 0 aliphatic heterocycles. The number of pyridine rings is 1. The molecule has 0 aliphatic rings. The molecule has 1 aromatic carbocycles. The zero-order chi connectivity index (χ0) is 14.8. The zero-order valence-corrected chi connectivity index (χ0v) is 11.4. The van der Waals surface area contributed by atoms with Crippen molar-refractivity contribution in [1.29, 1.82) is 0 Å². The Balaban J connectivity index is 2.43. The summed E-state index contributed by atoms with van der Waals surface area (Å²) in [6.45, 7) is 0. The fourth-order valence-corrected chi connectivity index (χ4v) is 1.87. The van der Waals surface area contributed by atoms with E-state index in [4.69, 9.17) is 0 Å². The molecule has 20 heavy (non-hydrogen) atoms. The first kappa shape index (κ1) is 14.5. The molecule has 0 unspecified atom stereocenters. The van der Waals surface area contributed by atoms with Crippen molar-refractivity contribution in [3.05, 3.63) is 58.3 Å². The van der Waals surface area contributed by atoms with Gasteiger partial charge in [-0.3, -0.25) is 9.78 Å². The topological polar surface area (TPSA) is 39.2 Å². The van der Waals surface area contributed by atoms with Gasteiger partial charge in [0.25, 0.3) is 0 Å². The predicted octanol–water partition coefficient (Wildman–Crippen LogP) is 3.97. The van der Waals surface area contributed by atoms with E-state index in [-0.39, 0.29) is 11.3 Å². The highest BCUT2D eigenvalue weighted by molar-refractivity contribution is 9.10. The Bertz CT molecular complexity index is 629. The Hall–Kier alpha value is -1.89. The van der Waals surface area contributed by atoms with Gasteiger partial charge >= 0.3 is 6.36 Å². The Morgan fingerprint density at radius 3 is 2.55 bits per heavy atom. The van der Waals surface area contributed by atoms with Gasteiger partial charge in [-0.25, -0.2) is 0 Å². The summed E-state index contributed by atoms with van der Waals surface area (Å²) in [6.07, 6.45) is -3.49. The maximum absolute atomic E-state index is 12.4. The van der Waals surface area contributed by atoms with Crippen LogP contribution in [0.1, 0.15) is 16.1 Å². The minimum Gasteiger partial charge on any atom is -0.405 e. The number of halogens is 4. The van der Waals surface area contributed by atoms with Crippen molar-refractivity contribution >= 4 is 21.7 Å². The van der Waals surface area contributed by atoms with E-state index in [2.05, 4.69) is 25.7 Å². The highest BCUT2D eigenvalue weighted by Gasteiger charge is 2.33. The summed E-state index contributed by atoms with van der Waals surface area (Å²) in [5, 5.41) is 0. The molecule has 0 bridgehead atoms. The second-order valence-corrected chi connectivity index (χ2v) is 4.65. The SMILES string of the molecule is O=C(c1ccccn1)c1ccc(Br)cc1OC(F)(F)F. The summed E-state index contributed by atoms with van der Waals surface area (Å²) in [4.78, 5) is 16.0. The van der Waals surface area contributed by atoms with E-state index in [1.54, 1.807) is 12.1 Å². The lowest BCUT2D eigenvalue weighted by atomic mass is 10.1. The fourth-order valence-electron chi connectivity index (χ4n) is 1.53. The maximum atomic E-state index is 12.4. The van der Waals surface area contributed by atoms with Crippen molar-refractivity contribution in [1.82, 2.24) is 4.98 Å². The smallest absolute Gasteiger partial charge is 0.405 e. The molecule has 1 aromatic heterocycles. The molecular weight excluding hydrogens is 339 g/mol. The second kappa shape index (κ2) is 5.62. The van der Waals surface area contributed by atoms with Crippen LogP contribution < -0.4 is 4.74 Å². The standard InChI is InChI=1S/C13H7BrF3NO2/c14-8-4-5-9(11(7-8)20-13(15,16)17)12(19)10-3-1-2-6-18-10/h1-7H. The Labute approximate surface area is 120 Å². The minimum absolute atomic E-state index is 0.0434. The molecule has 0 atom stereocenters. The van der Waals surface area contributed by atoms with E-state index in [0.29, 0.717) is 4.47 Å². The second-order valence-electron chi connectivity index (χ2n) is 3.73. The van der Waals surface area contributed by atoms with E-state index in [1.165, 1.54) is 24.4 Å². The molecule has 7 heteroatoms. The van der Waals surface area contributed by atoms with Crippen molar-refractivity contribution in [2.24, 2.45) is 0 Å². The number of hydrogen-bond donors (Lipinski definition) is 0. The van der Waals surface area contributed by atoms with Gasteiger partial charge in [-0.2, -0.15) is 0 Å². The Morgan fingerprint density at radius 1 is 1.20 bits per heavy atom. The van der Waals surface area contributed by atoms with Crippen LogP contribution in [0, 0.1) is 0 Å².